The van der Waals surface area contributed by atoms with E-state index in [2.05, 4.69) is 10.6 Å². The first kappa shape index (κ1) is 17.3. The van der Waals surface area contributed by atoms with E-state index in [1.54, 1.807) is 41.3 Å². The molecule has 2 N–H and O–H groups in total. The lowest BCUT2D eigenvalue weighted by Crippen LogP contribution is -2.34. The van der Waals surface area contributed by atoms with Gasteiger partial charge in [-0.25, -0.2) is 9.59 Å². The number of anilines is 2. The summed E-state index contributed by atoms with van der Waals surface area (Å²) in [7, 11) is 0. The van der Waals surface area contributed by atoms with Crippen LogP contribution in [0.25, 0.3) is 0 Å². The molecule has 0 aliphatic rings. The van der Waals surface area contributed by atoms with Gasteiger partial charge in [0.1, 0.15) is 5.75 Å². The van der Waals surface area contributed by atoms with Gasteiger partial charge in [-0.15, -0.1) is 0 Å². The number of hydrogen-bond donors (Lipinski definition) is 2. The standard InChI is InChI=1S/C18H21N3O3/c1-3-21(4-2)17(22)19-15-11-8-12-16(13-15)24-18(23)20-14-9-6-5-7-10-14/h5-13H,3-4H2,1-2H3,(H,19,22)(H,20,23). The van der Waals surface area contributed by atoms with Crippen LogP contribution in [-0.2, 0) is 0 Å². The maximum absolute atomic E-state index is 12.0. The molecule has 0 aliphatic heterocycles. The normalized spacial score (nSPS) is 9.92. The van der Waals surface area contributed by atoms with Gasteiger partial charge in [0.15, 0.2) is 0 Å². The van der Waals surface area contributed by atoms with E-state index >= 15 is 0 Å². The Bertz CT molecular complexity index is 685. The Kier molecular flexibility index (Phi) is 6.19. The summed E-state index contributed by atoms with van der Waals surface area (Å²) in [6.45, 7) is 5.07. The van der Waals surface area contributed by atoms with Gasteiger partial charge in [-0.05, 0) is 38.1 Å². The van der Waals surface area contributed by atoms with E-state index in [4.69, 9.17) is 4.74 Å². The van der Waals surface area contributed by atoms with Gasteiger partial charge in [0.05, 0.1) is 0 Å². The van der Waals surface area contributed by atoms with Crippen molar-refractivity contribution in [3.63, 3.8) is 0 Å². The quantitative estimate of drug-likeness (QED) is 0.866. The smallest absolute Gasteiger partial charge is 0.410 e. The van der Waals surface area contributed by atoms with E-state index in [0.29, 0.717) is 30.2 Å². The SMILES string of the molecule is CCN(CC)C(=O)Nc1cccc(OC(=O)Nc2ccccc2)c1. The van der Waals surface area contributed by atoms with Crippen LogP contribution in [0.3, 0.4) is 0 Å². The number of hydrogen-bond acceptors (Lipinski definition) is 3. The molecule has 0 unspecified atom stereocenters. The Balaban J connectivity index is 1.97. The summed E-state index contributed by atoms with van der Waals surface area (Å²) in [5.74, 6) is 0.348. The number of para-hydroxylation sites is 1. The van der Waals surface area contributed by atoms with Crippen molar-refractivity contribution in [3.05, 3.63) is 54.6 Å². The molecule has 0 saturated heterocycles. The molecule has 0 aromatic heterocycles. The summed E-state index contributed by atoms with van der Waals surface area (Å²) in [6, 6.07) is 15.5. The molecule has 0 saturated carbocycles. The molecule has 24 heavy (non-hydrogen) atoms. The zero-order valence-corrected chi connectivity index (χ0v) is 13.8. The lowest BCUT2D eigenvalue weighted by atomic mass is 10.3. The number of amides is 3. The molecule has 0 aliphatic carbocycles. The monoisotopic (exact) mass is 327 g/mol. The fraction of sp³-hybridized carbons (Fsp3) is 0.222. The van der Waals surface area contributed by atoms with Crippen LogP contribution >= 0.6 is 0 Å². The van der Waals surface area contributed by atoms with Crippen LogP contribution in [0.5, 0.6) is 5.75 Å². The topological polar surface area (TPSA) is 70.7 Å². The van der Waals surface area contributed by atoms with Gasteiger partial charge < -0.3 is 15.0 Å². The number of nitrogens with one attached hydrogen (secondary N) is 2. The lowest BCUT2D eigenvalue weighted by Gasteiger charge is -2.19. The largest absolute Gasteiger partial charge is 0.417 e. The second kappa shape index (κ2) is 8.57. The van der Waals surface area contributed by atoms with Gasteiger partial charge in [-0.2, -0.15) is 0 Å². The van der Waals surface area contributed by atoms with Crippen LogP contribution in [0.2, 0.25) is 0 Å². The third-order valence-electron chi connectivity index (χ3n) is 3.37. The highest BCUT2D eigenvalue weighted by molar-refractivity contribution is 5.90. The molecule has 2 aromatic carbocycles. The lowest BCUT2D eigenvalue weighted by molar-refractivity contribution is 0.215. The van der Waals surface area contributed by atoms with Gasteiger partial charge in [-0.3, -0.25) is 5.32 Å². The molecule has 0 bridgehead atoms. The van der Waals surface area contributed by atoms with Gasteiger partial charge in [0, 0.05) is 30.5 Å². The first-order chi connectivity index (χ1) is 11.6. The summed E-state index contributed by atoms with van der Waals surface area (Å²) in [5.41, 5.74) is 1.21. The minimum Gasteiger partial charge on any atom is -0.410 e. The highest BCUT2D eigenvalue weighted by Gasteiger charge is 2.10. The number of carbonyl (C=O) groups is 2. The van der Waals surface area contributed by atoms with E-state index in [1.165, 1.54) is 0 Å². The molecule has 126 valence electrons. The summed E-state index contributed by atoms with van der Waals surface area (Å²) in [6.07, 6.45) is -0.589. The van der Waals surface area contributed by atoms with E-state index in [-0.39, 0.29) is 6.03 Å². The molecule has 0 fully saturated rings. The van der Waals surface area contributed by atoms with Crippen LogP contribution in [0, 0.1) is 0 Å². The van der Waals surface area contributed by atoms with Crippen LogP contribution in [-0.4, -0.2) is 30.1 Å². The molecule has 0 radical (unpaired) electrons. The van der Waals surface area contributed by atoms with Crippen molar-refractivity contribution < 1.29 is 14.3 Å². The highest BCUT2D eigenvalue weighted by atomic mass is 16.6. The number of ether oxygens (including phenoxy) is 1. The molecule has 6 heteroatoms. The summed E-state index contributed by atoms with van der Waals surface area (Å²) in [5, 5.41) is 5.41. The predicted octanol–water partition coefficient (Wildman–Crippen LogP) is 4.17. The van der Waals surface area contributed by atoms with Crippen LogP contribution < -0.4 is 15.4 Å². The van der Waals surface area contributed by atoms with Gasteiger partial charge in [-0.1, -0.05) is 24.3 Å². The number of carbonyl (C=O) groups excluding carboxylic acids is 2. The molecular formula is C18H21N3O3. The van der Waals surface area contributed by atoms with Gasteiger partial charge in [0.2, 0.25) is 0 Å². The summed E-state index contributed by atoms with van der Waals surface area (Å²) in [4.78, 5) is 25.6. The zero-order chi connectivity index (χ0) is 17.4. The molecular weight excluding hydrogens is 306 g/mol. The minimum absolute atomic E-state index is 0.189. The molecule has 0 heterocycles. The Morgan fingerprint density at radius 2 is 1.58 bits per heavy atom. The molecule has 3 amide bonds. The summed E-state index contributed by atoms with van der Waals surface area (Å²) >= 11 is 0. The van der Waals surface area contributed by atoms with Crippen LogP contribution in [0.4, 0.5) is 21.0 Å². The predicted molar refractivity (Wildman–Crippen MR) is 94.5 cm³/mol. The van der Waals surface area contributed by atoms with Crippen molar-refractivity contribution in [2.75, 3.05) is 23.7 Å². The molecule has 2 aromatic rings. The number of rotatable bonds is 5. The maximum atomic E-state index is 12.0. The van der Waals surface area contributed by atoms with E-state index in [1.807, 2.05) is 32.0 Å². The summed E-state index contributed by atoms with van der Waals surface area (Å²) < 4.78 is 5.24. The fourth-order valence-corrected chi connectivity index (χ4v) is 2.12. The third kappa shape index (κ3) is 5.01. The van der Waals surface area contributed by atoms with Gasteiger partial charge in [0.25, 0.3) is 0 Å². The van der Waals surface area contributed by atoms with Crippen molar-refractivity contribution in [1.82, 2.24) is 4.90 Å². The van der Waals surface area contributed by atoms with E-state index < -0.39 is 6.09 Å². The second-order valence-electron chi connectivity index (χ2n) is 5.01. The van der Waals surface area contributed by atoms with Crippen molar-refractivity contribution in [2.24, 2.45) is 0 Å². The minimum atomic E-state index is -0.589. The first-order valence-electron chi connectivity index (χ1n) is 7.82. The van der Waals surface area contributed by atoms with Crippen molar-refractivity contribution >= 4 is 23.5 Å². The van der Waals surface area contributed by atoms with Crippen LogP contribution in [0.15, 0.2) is 54.6 Å². The Morgan fingerprint density at radius 3 is 2.25 bits per heavy atom. The average molecular weight is 327 g/mol. The average Bonchev–Trinajstić information content (AvgIpc) is 2.57. The molecule has 0 atom stereocenters. The first-order valence-corrected chi connectivity index (χ1v) is 7.82. The van der Waals surface area contributed by atoms with E-state index in [9.17, 15) is 9.59 Å². The maximum Gasteiger partial charge on any atom is 0.417 e. The van der Waals surface area contributed by atoms with Gasteiger partial charge >= 0.3 is 12.1 Å². The van der Waals surface area contributed by atoms with Crippen molar-refractivity contribution in [1.29, 1.82) is 0 Å². The number of urea groups is 1. The number of nitrogens with zero attached hydrogens (tertiary/aromatic N) is 1. The van der Waals surface area contributed by atoms with Crippen molar-refractivity contribution in [3.8, 4) is 5.75 Å². The Morgan fingerprint density at radius 1 is 0.917 bits per heavy atom. The molecule has 2 rings (SSSR count). The second-order valence-corrected chi connectivity index (χ2v) is 5.01. The third-order valence-corrected chi connectivity index (χ3v) is 3.37. The van der Waals surface area contributed by atoms with Crippen molar-refractivity contribution in [2.45, 2.75) is 13.8 Å². The molecule has 6 nitrogen and oxygen atoms in total. The molecule has 0 spiro atoms. The Hall–Kier alpha value is -3.02. The number of benzene rings is 2. The van der Waals surface area contributed by atoms with Crippen LogP contribution in [0.1, 0.15) is 13.8 Å². The fourth-order valence-electron chi connectivity index (χ4n) is 2.12. The van der Waals surface area contributed by atoms with E-state index in [0.717, 1.165) is 0 Å². The Labute approximate surface area is 141 Å². The zero-order valence-electron chi connectivity index (χ0n) is 13.8. The highest BCUT2D eigenvalue weighted by Crippen LogP contribution is 2.18.